The van der Waals surface area contributed by atoms with Crippen LogP contribution in [0.4, 0.5) is 17.3 Å². The highest BCUT2D eigenvalue weighted by Gasteiger charge is 2.05. The molecule has 3 rings (SSSR count). The second kappa shape index (κ2) is 9.08. The first-order valence-corrected chi connectivity index (χ1v) is 9.19. The van der Waals surface area contributed by atoms with Crippen molar-refractivity contribution >= 4 is 17.3 Å². The van der Waals surface area contributed by atoms with Crippen LogP contribution in [0.5, 0.6) is 11.5 Å². The Kier molecular flexibility index (Phi) is 6.32. The van der Waals surface area contributed by atoms with Crippen LogP contribution in [0.25, 0.3) is 0 Å². The predicted molar refractivity (Wildman–Crippen MR) is 113 cm³/mol. The fourth-order valence-electron chi connectivity index (χ4n) is 3.09. The summed E-state index contributed by atoms with van der Waals surface area (Å²) >= 11 is 0. The van der Waals surface area contributed by atoms with Crippen molar-refractivity contribution in [2.45, 2.75) is 20.3 Å². The smallest absolute Gasteiger partial charge is 0.160 e. The van der Waals surface area contributed by atoms with Gasteiger partial charge in [-0.2, -0.15) is 0 Å². The molecule has 2 aromatic carbocycles. The molecule has 2 N–H and O–H groups in total. The Balaban J connectivity index is 1.60. The Morgan fingerprint density at radius 1 is 0.821 bits per heavy atom. The minimum atomic E-state index is 0.733. The van der Waals surface area contributed by atoms with Crippen LogP contribution >= 0.6 is 0 Å². The molecule has 0 aliphatic heterocycles. The maximum atomic E-state index is 5.36. The van der Waals surface area contributed by atoms with E-state index < -0.39 is 0 Å². The molecule has 6 nitrogen and oxygen atoms in total. The number of aryl methyl sites for hydroxylation is 2. The molecule has 6 heteroatoms. The largest absolute Gasteiger partial charge is 0.493 e. The Hall–Kier alpha value is -3.28. The summed E-state index contributed by atoms with van der Waals surface area (Å²) < 4.78 is 10.6. The number of nitrogens with zero attached hydrogens (tertiary/aromatic N) is 2. The average Bonchev–Trinajstić information content (AvgIpc) is 2.67. The Morgan fingerprint density at radius 2 is 1.54 bits per heavy atom. The van der Waals surface area contributed by atoms with Crippen molar-refractivity contribution in [3.63, 3.8) is 0 Å². The molecule has 0 aliphatic carbocycles. The number of rotatable bonds is 8. The third-order valence-corrected chi connectivity index (χ3v) is 4.33. The van der Waals surface area contributed by atoms with Crippen LogP contribution in [0.2, 0.25) is 0 Å². The molecule has 0 saturated heterocycles. The topological polar surface area (TPSA) is 68.3 Å². The maximum absolute atomic E-state index is 5.36. The van der Waals surface area contributed by atoms with Gasteiger partial charge in [-0.1, -0.05) is 12.1 Å². The van der Waals surface area contributed by atoms with Crippen molar-refractivity contribution < 1.29 is 9.47 Å². The van der Waals surface area contributed by atoms with Gasteiger partial charge < -0.3 is 20.1 Å². The standard InChI is InChI=1S/C22H26N4O2/c1-15-9-16(2)11-18(10-15)26-22-13-21(24-14-25-22)23-8-7-17-5-6-19(27-3)20(12-17)28-4/h5-6,9-14H,7-8H2,1-4H3,(H2,23,24,25,26). The van der Waals surface area contributed by atoms with E-state index in [9.17, 15) is 0 Å². The molecule has 0 radical (unpaired) electrons. The third kappa shape index (κ3) is 5.13. The number of aromatic nitrogens is 2. The number of benzene rings is 2. The van der Waals surface area contributed by atoms with Crippen LogP contribution in [-0.2, 0) is 6.42 Å². The first kappa shape index (κ1) is 19.5. The predicted octanol–water partition coefficient (Wildman–Crippen LogP) is 4.51. The summed E-state index contributed by atoms with van der Waals surface area (Å²) in [6.45, 7) is 4.91. The van der Waals surface area contributed by atoms with E-state index >= 15 is 0 Å². The van der Waals surface area contributed by atoms with E-state index in [1.807, 2.05) is 24.3 Å². The van der Waals surface area contributed by atoms with Crippen LogP contribution in [0.3, 0.4) is 0 Å². The van der Waals surface area contributed by atoms with E-state index in [0.29, 0.717) is 0 Å². The van der Waals surface area contributed by atoms with Gasteiger partial charge in [0, 0.05) is 18.3 Å². The van der Waals surface area contributed by atoms with Gasteiger partial charge in [-0.25, -0.2) is 9.97 Å². The fourth-order valence-corrected chi connectivity index (χ4v) is 3.09. The Morgan fingerprint density at radius 3 is 2.25 bits per heavy atom. The molecule has 146 valence electrons. The van der Waals surface area contributed by atoms with Crippen molar-refractivity contribution in [3.8, 4) is 11.5 Å². The Bertz CT molecular complexity index is 923. The molecule has 0 atom stereocenters. The second-order valence-corrected chi connectivity index (χ2v) is 6.66. The maximum Gasteiger partial charge on any atom is 0.160 e. The zero-order chi connectivity index (χ0) is 19.9. The van der Waals surface area contributed by atoms with Gasteiger partial charge >= 0.3 is 0 Å². The quantitative estimate of drug-likeness (QED) is 0.601. The molecule has 3 aromatic rings. The van der Waals surface area contributed by atoms with Crippen molar-refractivity contribution in [1.82, 2.24) is 9.97 Å². The van der Waals surface area contributed by atoms with Crippen LogP contribution in [0, 0.1) is 13.8 Å². The lowest BCUT2D eigenvalue weighted by atomic mass is 10.1. The van der Waals surface area contributed by atoms with Crippen LogP contribution in [-0.4, -0.2) is 30.7 Å². The minimum Gasteiger partial charge on any atom is -0.493 e. The van der Waals surface area contributed by atoms with E-state index in [1.54, 1.807) is 20.5 Å². The summed E-state index contributed by atoms with van der Waals surface area (Å²) in [5, 5.41) is 6.69. The van der Waals surface area contributed by atoms with Crippen LogP contribution < -0.4 is 20.1 Å². The number of nitrogens with one attached hydrogen (secondary N) is 2. The molecule has 0 unspecified atom stereocenters. The Labute approximate surface area is 166 Å². The first-order chi connectivity index (χ1) is 13.6. The van der Waals surface area contributed by atoms with E-state index in [1.165, 1.54) is 11.1 Å². The molecule has 0 aliphatic rings. The fraction of sp³-hybridized carbons (Fsp3) is 0.273. The monoisotopic (exact) mass is 378 g/mol. The minimum absolute atomic E-state index is 0.733. The number of hydrogen-bond acceptors (Lipinski definition) is 6. The molecular formula is C22H26N4O2. The lowest BCUT2D eigenvalue weighted by Crippen LogP contribution is -2.07. The summed E-state index contributed by atoms with van der Waals surface area (Å²) in [4.78, 5) is 8.61. The van der Waals surface area contributed by atoms with Crippen LogP contribution in [0.15, 0.2) is 48.8 Å². The first-order valence-electron chi connectivity index (χ1n) is 9.19. The van der Waals surface area contributed by atoms with Gasteiger partial charge in [-0.3, -0.25) is 0 Å². The van der Waals surface area contributed by atoms with E-state index in [2.05, 4.69) is 52.6 Å². The highest BCUT2D eigenvalue weighted by Crippen LogP contribution is 2.27. The van der Waals surface area contributed by atoms with Gasteiger partial charge in [0.15, 0.2) is 11.5 Å². The van der Waals surface area contributed by atoms with E-state index in [4.69, 9.17) is 9.47 Å². The summed E-state index contributed by atoms with van der Waals surface area (Å²) in [6, 6.07) is 14.2. The van der Waals surface area contributed by atoms with E-state index in [0.717, 1.165) is 47.4 Å². The molecule has 0 saturated carbocycles. The molecule has 1 aromatic heterocycles. The van der Waals surface area contributed by atoms with Gasteiger partial charge in [-0.05, 0) is 61.2 Å². The molecule has 0 bridgehead atoms. The SMILES string of the molecule is COc1ccc(CCNc2cc(Nc3cc(C)cc(C)c3)ncn2)cc1OC. The highest BCUT2D eigenvalue weighted by molar-refractivity contribution is 5.60. The highest BCUT2D eigenvalue weighted by atomic mass is 16.5. The average molecular weight is 378 g/mol. The number of ether oxygens (including phenoxy) is 2. The van der Waals surface area contributed by atoms with Crippen molar-refractivity contribution in [3.05, 3.63) is 65.5 Å². The van der Waals surface area contributed by atoms with Gasteiger partial charge in [0.25, 0.3) is 0 Å². The lowest BCUT2D eigenvalue weighted by Gasteiger charge is -2.11. The summed E-state index contributed by atoms with van der Waals surface area (Å²) in [5.74, 6) is 3.01. The summed E-state index contributed by atoms with van der Waals surface area (Å²) in [5.41, 5.74) is 4.61. The van der Waals surface area contributed by atoms with Gasteiger partial charge in [-0.15, -0.1) is 0 Å². The molecule has 0 fully saturated rings. The van der Waals surface area contributed by atoms with E-state index in [-0.39, 0.29) is 0 Å². The second-order valence-electron chi connectivity index (χ2n) is 6.66. The molecule has 0 amide bonds. The molecule has 28 heavy (non-hydrogen) atoms. The van der Waals surface area contributed by atoms with Crippen LogP contribution in [0.1, 0.15) is 16.7 Å². The third-order valence-electron chi connectivity index (χ3n) is 4.33. The molecule has 1 heterocycles. The zero-order valence-corrected chi connectivity index (χ0v) is 16.7. The van der Waals surface area contributed by atoms with Crippen molar-refractivity contribution in [2.24, 2.45) is 0 Å². The van der Waals surface area contributed by atoms with Gasteiger partial charge in [0.1, 0.15) is 18.0 Å². The number of methoxy groups -OCH3 is 2. The van der Waals surface area contributed by atoms with Crippen molar-refractivity contribution in [2.75, 3.05) is 31.4 Å². The number of hydrogen-bond donors (Lipinski definition) is 2. The van der Waals surface area contributed by atoms with Crippen molar-refractivity contribution in [1.29, 1.82) is 0 Å². The molecular weight excluding hydrogens is 352 g/mol. The molecule has 0 spiro atoms. The lowest BCUT2D eigenvalue weighted by molar-refractivity contribution is 0.354. The van der Waals surface area contributed by atoms with Gasteiger partial charge in [0.2, 0.25) is 0 Å². The zero-order valence-electron chi connectivity index (χ0n) is 16.7. The number of anilines is 3. The summed E-state index contributed by atoms with van der Waals surface area (Å²) in [7, 11) is 3.28. The summed E-state index contributed by atoms with van der Waals surface area (Å²) in [6.07, 6.45) is 2.40. The normalized spacial score (nSPS) is 10.4. The van der Waals surface area contributed by atoms with Gasteiger partial charge in [0.05, 0.1) is 14.2 Å².